The van der Waals surface area contributed by atoms with Crippen LogP contribution in [0.2, 0.25) is 0 Å². The number of amides is 1. The first-order chi connectivity index (χ1) is 14.4. The minimum absolute atomic E-state index is 0.0927. The van der Waals surface area contributed by atoms with Gasteiger partial charge in [-0.15, -0.1) is 0 Å². The fourth-order valence-electron chi connectivity index (χ4n) is 3.52. The van der Waals surface area contributed by atoms with Gasteiger partial charge in [0, 0.05) is 24.2 Å². The van der Waals surface area contributed by atoms with Crippen molar-refractivity contribution in [3.63, 3.8) is 0 Å². The number of nitrogens with zero attached hydrogens (tertiary/aromatic N) is 2. The standard InChI is InChI=1S/C22H22N2O6/c1-3-4-11-23-19(14-7-6-10-17(13-14)30-2)18(21(26)22(23)27)20(25)15-8-5-9-16(12-15)24(28)29/h5-10,12-13,19,25H,3-4,11H2,1-2H3/b20-18-. The zero-order valence-electron chi connectivity index (χ0n) is 16.7. The van der Waals surface area contributed by atoms with Gasteiger partial charge >= 0.3 is 0 Å². The Labute approximate surface area is 173 Å². The predicted molar refractivity (Wildman–Crippen MR) is 110 cm³/mol. The molecule has 30 heavy (non-hydrogen) atoms. The third-order valence-electron chi connectivity index (χ3n) is 5.03. The SMILES string of the molecule is CCCCN1C(=O)C(=O)/C(=C(\O)c2cccc([N+](=O)[O-])c2)C1c1cccc(OC)c1. The second-order valence-electron chi connectivity index (χ2n) is 6.93. The average molecular weight is 410 g/mol. The van der Waals surface area contributed by atoms with Crippen molar-refractivity contribution in [2.45, 2.75) is 25.8 Å². The summed E-state index contributed by atoms with van der Waals surface area (Å²) in [7, 11) is 1.51. The lowest BCUT2D eigenvalue weighted by atomic mass is 9.95. The molecule has 0 radical (unpaired) electrons. The van der Waals surface area contributed by atoms with Gasteiger partial charge in [-0.05, 0) is 24.1 Å². The molecule has 1 fully saturated rings. The third-order valence-corrected chi connectivity index (χ3v) is 5.03. The van der Waals surface area contributed by atoms with Gasteiger partial charge < -0.3 is 14.7 Å². The van der Waals surface area contributed by atoms with Crippen molar-refractivity contribution in [1.29, 1.82) is 0 Å². The summed E-state index contributed by atoms with van der Waals surface area (Å²) in [4.78, 5) is 37.6. The van der Waals surface area contributed by atoms with Gasteiger partial charge in [-0.2, -0.15) is 0 Å². The van der Waals surface area contributed by atoms with Gasteiger partial charge in [0.2, 0.25) is 0 Å². The molecule has 1 heterocycles. The number of unbranched alkanes of at least 4 members (excludes halogenated alkanes) is 1. The fraction of sp³-hybridized carbons (Fsp3) is 0.273. The smallest absolute Gasteiger partial charge is 0.295 e. The number of hydrogen-bond acceptors (Lipinski definition) is 6. The maximum Gasteiger partial charge on any atom is 0.295 e. The first-order valence-electron chi connectivity index (χ1n) is 9.56. The van der Waals surface area contributed by atoms with E-state index in [1.807, 2.05) is 6.92 Å². The Morgan fingerprint density at radius 3 is 2.60 bits per heavy atom. The van der Waals surface area contributed by atoms with Crippen molar-refractivity contribution in [2.24, 2.45) is 0 Å². The summed E-state index contributed by atoms with van der Waals surface area (Å²) in [6, 6.07) is 11.5. The van der Waals surface area contributed by atoms with Gasteiger partial charge in [0.05, 0.1) is 23.6 Å². The van der Waals surface area contributed by atoms with Crippen molar-refractivity contribution in [3.05, 3.63) is 75.3 Å². The van der Waals surface area contributed by atoms with E-state index in [1.165, 1.54) is 36.3 Å². The molecule has 1 atom stereocenters. The second-order valence-corrected chi connectivity index (χ2v) is 6.93. The van der Waals surface area contributed by atoms with Crippen LogP contribution in [0.15, 0.2) is 54.1 Å². The van der Waals surface area contributed by atoms with Crippen LogP contribution in [0, 0.1) is 10.1 Å². The number of nitro benzene ring substituents is 1. The summed E-state index contributed by atoms with van der Waals surface area (Å²) < 4.78 is 5.27. The van der Waals surface area contributed by atoms with Gasteiger partial charge in [0.25, 0.3) is 17.4 Å². The molecule has 0 aliphatic carbocycles. The van der Waals surface area contributed by atoms with Gasteiger partial charge in [0.15, 0.2) is 0 Å². The maximum absolute atomic E-state index is 12.9. The van der Waals surface area contributed by atoms with Crippen LogP contribution < -0.4 is 4.74 Å². The van der Waals surface area contributed by atoms with Gasteiger partial charge in [-0.1, -0.05) is 37.6 Å². The zero-order chi connectivity index (χ0) is 21.8. The molecule has 1 amide bonds. The highest BCUT2D eigenvalue weighted by molar-refractivity contribution is 6.46. The summed E-state index contributed by atoms with van der Waals surface area (Å²) >= 11 is 0. The quantitative estimate of drug-likeness (QED) is 0.244. The van der Waals surface area contributed by atoms with Crippen LogP contribution in [0.3, 0.4) is 0 Å². The lowest BCUT2D eigenvalue weighted by Gasteiger charge is -2.25. The van der Waals surface area contributed by atoms with E-state index < -0.39 is 28.4 Å². The molecule has 1 aliphatic rings. The summed E-state index contributed by atoms with van der Waals surface area (Å²) in [5.41, 5.74) is 0.393. The molecule has 1 unspecified atom stereocenters. The molecule has 0 bridgehead atoms. The largest absolute Gasteiger partial charge is 0.507 e. The minimum Gasteiger partial charge on any atom is -0.507 e. The molecule has 156 valence electrons. The number of methoxy groups -OCH3 is 1. The normalized spacial score (nSPS) is 17.9. The molecule has 8 nitrogen and oxygen atoms in total. The van der Waals surface area contributed by atoms with E-state index in [4.69, 9.17) is 4.74 Å². The van der Waals surface area contributed by atoms with Crippen molar-refractivity contribution in [1.82, 2.24) is 4.90 Å². The lowest BCUT2D eigenvalue weighted by Crippen LogP contribution is -2.30. The first kappa shape index (κ1) is 21.0. The van der Waals surface area contributed by atoms with Crippen LogP contribution >= 0.6 is 0 Å². The second kappa shape index (κ2) is 8.77. The molecule has 2 aromatic carbocycles. The Kier molecular flexibility index (Phi) is 6.15. The Morgan fingerprint density at radius 2 is 1.93 bits per heavy atom. The third kappa shape index (κ3) is 3.89. The Balaban J connectivity index is 2.19. The number of hydrogen-bond donors (Lipinski definition) is 1. The number of benzene rings is 2. The van der Waals surface area contributed by atoms with E-state index in [0.29, 0.717) is 24.3 Å². The van der Waals surface area contributed by atoms with E-state index in [2.05, 4.69) is 0 Å². The number of ketones is 1. The number of carbonyl (C=O) groups is 2. The number of Topliss-reactive ketones (excluding diaryl/α,β-unsaturated/α-hetero) is 1. The number of likely N-dealkylation sites (tertiary alicyclic amines) is 1. The van der Waals surface area contributed by atoms with Gasteiger partial charge in [-0.3, -0.25) is 19.7 Å². The van der Waals surface area contributed by atoms with Crippen molar-refractivity contribution >= 4 is 23.1 Å². The molecule has 0 saturated carbocycles. The highest BCUT2D eigenvalue weighted by Gasteiger charge is 2.45. The fourth-order valence-corrected chi connectivity index (χ4v) is 3.52. The molecule has 1 saturated heterocycles. The number of carbonyl (C=O) groups excluding carboxylic acids is 2. The number of nitro groups is 1. The minimum atomic E-state index is -0.817. The van der Waals surface area contributed by atoms with Gasteiger partial charge in [0.1, 0.15) is 11.5 Å². The molecule has 2 aromatic rings. The summed E-state index contributed by atoms with van der Waals surface area (Å²) in [5, 5.41) is 22.0. The molecule has 8 heteroatoms. The van der Waals surface area contributed by atoms with Crippen LogP contribution in [0.1, 0.15) is 36.9 Å². The van der Waals surface area contributed by atoms with Gasteiger partial charge in [-0.25, -0.2) is 0 Å². The van der Waals surface area contributed by atoms with Crippen LogP contribution in [0.4, 0.5) is 5.69 Å². The topological polar surface area (TPSA) is 110 Å². The van der Waals surface area contributed by atoms with Crippen molar-refractivity contribution < 1.29 is 24.4 Å². The molecular weight excluding hydrogens is 388 g/mol. The summed E-state index contributed by atoms with van der Waals surface area (Å²) in [5.74, 6) is -1.42. The highest BCUT2D eigenvalue weighted by atomic mass is 16.6. The molecule has 0 spiro atoms. The molecular formula is C22H22N2O6. The zero-order valence-corrected chi connectivity index (χ0v) is 16.7. The van der Waals surface area contributed by atoms with E-state index >= 15 is 0 Å². The van der Waals surface area contributed by atoms with E-state index in [1.54, 1.807) is 24.3 Å². The predicted octanol–water partition coefficient (Wildman–Crippen LogP) is 3.83. The average Bonchev–Trinajstić information content (AvgIpc) is 3.02. The molecule has 1 aliphatic heterocycles. The lowest BCUT2D eigenvalue weighted by molar-refractivity contribution is -0.384. The first-order valence-corrected chi connectivity index (χ1v) is 9.56. The molecule has 0 aromatic heterocycles. The van der Waals surface area contributed by atoms with Crippen molar-refractivity contribution in [3.8, 4) is 5.75 Å². The van der Waals surface area contributed by atoms with Crippen LogP contribution in [0.25, 0.3) is 5.76 Å². The number of non-ortho nitro benzene ring substituents is 1. The Bertz CT molecular complexity index is 1030. The van der Waals surface area contributed by atoms with E-state index in [9.17, 15) is 24.8 Å². The number of aliphatic hydroxyl groups excluding tert-OH is 1. The Hall–Kier alpha value is -3.68. The summed E-state index contributed by atoms with van der Waals surface area (Å²) in [6.07, 6.45) is 1.50. The Morgan fingerprint density at radius 1 is 1.20 bits per heavy atom. The van der Waals surface area contributed by atoms with E-state index in [0.717, 1.165) is 6.42 Å². The number of aliphatic hydroxyl groups is 1. The van der Waals surface area contributed by atoms with E-state index in [-0.39, 0.29) is 16.8 Å². The monoisotopic (exact) mass is 410 g/mol. The maximum atomic E-state index is 12.9. The highest BCUT2D eigenvalue weighted by Crippen LogP contribution is 2.40. The number of rotatable bonds is 7. The van der Waals surface area contributed by atoms with Crippen LogP contribution in [-0.4, -0.2) is 40.3 Å². The molecule has 3 rings (SSSR count). The number of ether oxygens (including phenoxy) is 1. The molecule has 1 N–H and O–H groups in total. The van der Waals surface area contributed by atoms with Crippen molar-refractivity contribution in [2.75, 3.05) is 13.7 Å². The van der Waals surface area contributed by atoms with Crippen LogP contribution in [0.5, 0.6) is 5.75 Å². The van der Waals surface area contributed by atoms with Crippen LogP contribution in [-0.2, 0) is 9.59 Å². The summed E-state index contributed by atoms with van der Waals surface area (Å²) in [6.45, 7) is 2.31.